The third-order valence-corrected chi connectivity index (χ3v) is 3.91. The Bertz CT molecular complexity index is 541. The molecule has 0 radical (unpaired) electrons. The lowest BCUT2D eigenvalue weighted by Crippen LogP contribution is -2.16. The zero-order valence-corrected chi connectivity index (χ0v) is 11.1. The molecule has 1 unspecified atom stereocenters. The average molecular weight is 262 g/mol. The Morgan fingerprint density at radius 3 is 3.06 bits per heavy atom. The second-order valence-electron chi connectivity index (χ2n) is 4.82. The Kier molecular flexibility index (Phi) is 3.04. The van der Waals surface area contributed by atoms with Crippen molar-refractivity contribution < 1.29 is 4.42 Å². The van der Waals surface area contributed by atoms with Crippen LogP contribution in [0.1, 0.15) is 35.8 Å². The maximum Gasteiger partial charge on any atom is 0.109 e. The number of hydrogen-bond acceptors (Lipinski definition) is 2. The Labute approximate surface area is 112 Å². The first-order chi connectivity index (χ1) is 8.75. The smallest absolute Gasteiger partial charge is 0.109 e. The van der Waals surface area contributed by atoms with Gasteiger partial charge in [0, 0.05) is 12.0 Å². The first-order valence-corrected chi connectivity index (χ1v) is 6.71. The van der Waals surface area contributed by atoms with Crippen LogP contribution in [0.15, 0.2) is 34.9 Å². The number of benzene rings is 1. The highest BCUT2D eigenvalue weighted by Gasteiger charge is 2.23. The van der Waals surface area contributed by atoms with Crippen molar-refractivity contribution in [3.8, 4) is 0 Å². The predicted octanol–water partition coefficient (Wildman–Crippen LogP) is 4.73. The van der Waals surface area contributed by atoms with E-state index in [1.807, 2.05) is 12.1 Å². The normalized spacial score (nSPS) is 18.4. The fourth-order valence-electron chi connectivity index (χ4n) is 2.63. The van der Waals surface area contributed by atoms with Gasteiger partial charge in [-0.05, 0) is 37.5 Å². The molecule has 3 rings (SSSR count). The number of hydrogen-bond donors (Lipinski definition) is 1. The number of fused-ring (bicyclic) bond motifs is 1. The monoisotopic (exact) mass is 261 g/mol. The zero-order valence-electron chi connectivity index (χ0n) is 10.4. The highest BCUT2D eigenvalue weighted by molar-refractivity contribution is 6.33. The van der Waals surface area contributed by atoms with Crippen LogP contribution in [0.4, 0.5) is 5.69 Å². The third-order valence-electron chi connectivity index (χ3n) is 3.59. The van der Waals surface area contributed by atoms with Crippen molar-refractivity contribution in [1.82, 2.24) is 0 Å². The van der Waals surface area contributed by atoms with Gasteiger partial charge in [-0.1, -0.05) is 23.7 Å². The van der Waals surface area contributed by atoms with E-state index in [1.54, 1.807) is 6.26 Å². The summed E-state index contributed by atoms with van der Waals surface area (Å²) in [4.78, 5) is 0. The number of nitrogens with one attached hydrogen (secondary N) is 1. The molecule has 1 atom stereocenters. The Morgan fingerprint density at radius 2 is 2.22 bits per heavy atom. The molecule has 3 heteroatoms. The molecule has 1 heterocycles. The van der Waals surface area contributed by atoms with E-state index in [2.05, 4.69) is 24.4 Å². The fourth-order valence-corrected chi connectivity index (χ4v) is 2.90. The molecule has 1 aliphatic rings. The van der Waals surface area contributed by atoms with Gasteiger partial charge in [0.05, 0.1) is 23.0 Å². The van der Waals surface area contributed by atoms with Crippen molar-refractivity contribution in [2.45, 2.75) is 32.2 Å². The molecule has 0 fully saturated rings. The molecule has 2 nitrogen and oxygen atoms in total. The second-order valence-corrected chi connectivity index (χ2v) is 5.23. The summed E-state index contributed by atoms with van der Waals surface area (Å²) in [6, 6.07) is 8.36. The highest BCUT2D eigenvalue weighted by Crippen LogP contribution is 2.36. The number of furan rings is 1. The zero-order chi connectivity index (χ0) is 12.5. The number of halogens is 1. The molecular formula is C15H16ClNO. The van der Waals surface area contributed by atoms with Crippen LogP contribution in [0.3, 0.4) is 0 Å². The van der Waals surface area contributed by atoms with E-state index in [-0.39, 0.29) is 0 Å². The summed E-state index contributed by atoms with van der Waals surface area (Å²) in [6.45, 7) is 2.08. The number of rotatable bonds is 2. The second kappa shape index (κ2) is 4.69. The molecule has 94 valence electrons. The third kappa shape index (κ3) is 2.01. The minimum Gasteiger partial charge on any atom is -0.469 e. The molecular weight excluding hydrogens is 246 g/mol. The van der Waals surface area contributed by atoms with E-state index in [0.29, 0.717) is 6.04 Å². The van der Waals surface area contributed by atoms with E-state index in [0.717, 1.165) is 35.7 Å². The predicted molar refractivity (Wildman–Crippen MR) is 74.2 cm³/mol. The van der Waals surface area contributed by atoms with Gasteiger partial charge in [0.25, 0.3) is 0 Å². The quantitative estimate of drug-likeness (QED) is 0.845. The molecule has 0 saturated carbocycles. The van der Waals surface area contributed by atoms with Crippen LogP contribution in [0.5, 0.6) is 0 Å². The van der Waals surface area contributed by atoms with Crippen molar-refractivity contribution in [2.75, 3.05) is 5.32 Å². The molecule has 1 aromatic heterocycles. The SMILES string of the molecule is Cc1cccc(Cl)c1NC1CCCc2occc21. The first-order valence-electron chi connectivity index (χ1n) is 6.33. The summed E-state index contributed by atoms with van der Waals surface area (Å²) in [7, 11) is 0. The van der Waals surface area contributed by atoms with Crippen molar-refractivity contribution in [3.63, 3.8) is 0 Å². The number of aryl methyl sites for hydroxylation is 2. The molecule has 1 aromatic carbocycles. The standard InChI is InChI=1S/C15H16ClNO/c1-10-4-2-5-12(16)15(10)17-13-6-3-7-14-11(13)8-9-18-14/h2,4-5,8-9,13,17H,3,6-7H2,1H3. The van der Waals surface area contributed by atoms with Gasteiger partial charge in [-0.15, -0.1) is 0 Å². The van der Waals surface area contributed by atoms with Gasteiger partial charge in [-0.2, -0.15) is 0 Å². The Morgan fingerprint density at radius 1 is 1.33 bits per heavy atom. The van der Waals surface area contributed by atoms with Crippen molar-refractivity contribution >= 4 is 17.3 Å². The molecule has 0 amide bonds. The van der Waals surface area contributed by atoms with Gasteiger partial charge in [0.1, 0.15) is 5.76 Å². The van der Waals surface area contributed by atoms with E-state index < -0.39 is 0 Å². The van der Waals surface area contributed by atoms with E-state index in [4.69, 9.17) is 16.0 Å². The Hall–Kier alpha value is -1.41. The molecule has 0 spiro atoms. The maximum atomic E-state index is 6.26. The summed E-state index contributed by atoms with van der Waals surface area (Å²) in [5, 5.41) is 4.35. The van der Waals surface area contributed by atoms with Gasteiger partial charge in [-0.3, -0.25) is 0 Å². The summed E-state index contributed by atoms with van der Waals surface area (Å²) in [5.41, 5.74) is 3.50. The van der Waals surface area contributed by atoms with Crippen LogP contribution in [0.2, 0.25) is 5.02 Å². The highest BCUT2D eigenvalue weighted by atomic mass is 35.5. The maximum absolute atomic E-state index is 6.26. The largest absolute Gasteiger partial charge is 0.469 e. The average Bonchev–Trinajstić information content (AvgIpc) is 2.83. The van der Waals surface area contributed by atoms with Crippen molar-refractivity contribution in [3.05, 3.63) is 52.4 Å². The van der Waals surface area contributed by atoms with Gasteiger partial charge in [0.2, 0.25) is 0 Å². The van der Waals surface area contributed by atoms with E-state index in [9.17, 15) is 0 Å². The minimum absolute atomic E-state index is 0.311. The summed E-state index contributed by atoms with van der Waals surface area (Å²) < 4.78 is 5.51. The Balaban J connectivity index is 1.91. The molecule has 0 bridgehead atoms. The van der Waals surface area contributed by atoms with Gasteiger partial charge in [-0.25, -0.2) is 0 Å². The van der Waals surface area contributed by atoms with E-state index in [1.165, 1.54) is 11.1 Å². The summed E-state index contributed by atoms with van der Waals surface area (Å²) in [5.74, 6) is 1.11. The molecule has 0 saturated heterocycles. The first kappa shape index (κ1) is 11.7. The molecule has 0 aliphatic heterocycles. The van der Waals surface area contributed by atoms with Crippen LogP contribution in [0, 0.1) is 6.92 Å². The number of anilines is 1. The van der Waals surface area contributed by atoms with Crippen LogP contribution in [-0.2, 0) is 6.42 Å². The fraction of sp³-hybridized carbons (Fsp3) is 0.333. The lowest BCUT2D eigenvalue weighted by Gasteiger charge is -2.25. The lowest BCUT2D eigenvalue weighted by atomic mass is 9.93. The van der Waals surface area contributed by atoms with Gasteiger partial charge >= 0.3 is 0 Å². The minimum atomic E-state index is 0.311. The molecule has 18 heavy (non-hydrogen) atoms. The van der Waals surface area contributed by atoms with Crippen LogP contribution < -0.4 is 5.32 Å². The lowest BCUT2D eigenvalue weighted by molar-refractivity contribution is 0.461. The van der Waals surface area contributed by atoms with Crippen LogP contribution in [-0.4, -0.2) is 0 Å². The number of para-hydroxylation sites is 1. The van der Waals surface area contributed by atoms with E-state index >= 15 is 0 Å². The topological polar surface area (TPSA) is 25.2 Å². The summed E-state index contributed by atoms with van der Waals surface area (Å²) >= 11 is 6.26. The van der Waals surface area contributed by atoms with Gasteiger partial charge in [0.15, 0.2) is 0 Å². The van der Waals surface area contributed by atoms with Crippen molar-refractivity contribution in [2.24, 2.45) is 0 Å². The summed E-state index contributed by atoms with van der Waals surface area (Å²) in [6.07, 6.45) is 5.10. The van der Waals surface area contributed by atoms with Crippen LogP contribution in [0.25, 0.3) is 0 Å². The van der Waals surface area contributed by atoms with Crippen molar-refractivity contribution in [1.29, 1.82) is 0 Å². The van der Waals surface area contributed by atoms with Gasteiger partial charge < -0.3 is 9.73 Å². The molecule has 1 N–H and O–H groups in total. The van der Waals surface area contributed by atoms with Crippen LogP contribution >= 0.6 is 11.6 Å². The molecule has 2 aromatic rings. The molecule has 1 aliphatic carbocycles.